The molecule has 1 fully saturated rings. The van der Waals surface area contributed by atoms with Crippen molar-refractivity contribution >= 4 is 41.1 Å². The summed E-state index contributed by atoms with van der Waals surface area (Å²) in [6.07, 6.45) is 1.43. The fourth-order valence-electron chi connectivity index (χ4n) is 3.30. The van der Waals surface area contributed by atoms with Gasteiger partial charge in [-0.2, -0.15) is 0 Å². The van der Waals surface area contributed by atoms with E-state index in [0.717, 1.165) is 0 Å². The van der Waals surface area contributed by atoms with Gasteiger partial charge in [-0.3, -0.25) is 14.5 Å². The summed E-state index contributed by atoms with van der Waals surface area (Å²) in [7, 11) is 0. The summed E-state index contributed by atoms with van der Waals surface area (Å²) in [5.74, 6) is -0.860. The first kappa shape index (κ1) is 21.1. The number of carboxylic acid groups (broad SMARTS) is 1. The smallest absolute Gasteiger partial charge is 0.352 e. The number of carbonyl (C=O) groups excluding carboxylic acids is 2. The molecule has 2 N–H and O–H groups in total. The van der Waals surface area contributed by atoms with Gasteiger partial charge < -0.3 is 19.6 Å². The number of rotatable bonds is 7. The lowest BCUT2D eigenvalue weighted by molar-refractivity contribution is -0.148. The standard InChI is InChI=1S/C21H17ClN2O6S/c1-2-11-10-31-20-16(19(26)24(20)17(11)21(27)28)23-18(25)15-7-6-14(30-15)9-29-13-5-3-4-12(22)8-13/h2-8,16,20H,1,9-10H2,(H,23,25)(H,27,28)/t16-,20-/m1/s1. The minimum absolute atomic E-state index is 0.0255. The molecule has 2 amide bonds. The van der Waals surface area contributed by atoms with E-state index in [4.69, 9.17) is 20.8 Å². The highest BCUT2D eigenvalue weighted by molar-refractivity contribution is 8.00. The number of furan rings is 1. The fourth-order valence-corrected chi connectivity index (χ4v) is 4.82. The molecule has 0 unspecified atom stereocenters. The van der Waals surface area contributed by atoms with Crippen LogP contribution in [0.5, 0.6) is 5.75 Å². The number of fused-ring (bicyclic) bond motifs is 1. The maximum Gasteiger partial charge on any atom is 0.352 e. The Balaban J connectivity index is 1.39. The van der Waals surface area contributed by atoms with Gasteiger partial charge in [0.2, 0.25) is 0 Å². The molecule has 3 heterocycles. The van der Waals surface area contributed by atoms with Crippen LogP contribution in [0, 0.1) is 0 Å². The summed E-state index contributed by atoms with van der Waals surface area (Å²) < 4.78 is 11.1. The molecule has 0 spiro atoms. The second-order valence-electron chi connectivity index (χ2n) is 6.76. The van der Waals surface area contributed by atoms with Crippen molar-refractivity contribution in [3.63, 3.8) is 0 Å². The lowest BCUT2D eigenvalue weighted by Crippen LogP contribution is -2.70. The molecular formula is C21H17ClN2O6S. The van der Waals surface area contributed by atoms with Crippen molar-refractivity contribution in [3.05, 3.63) is 76.9 Å². The first-order valence-electron chi connectivity index (χ1n) is 9.20. The van der Waals surface area contributed by atoms with Gasteiger partial charge in [0.05, 0.1) is 0 Å². The van der Waals surface area contributed by atoms with Crippen LogP contribution in [0.4, 0.5) is 0 Å². The molecule has 1 aromatic heterocycles. The minimum atomic E-state index is -1.20. The molecule has 0 saturated carbocycles. The van der Waals surface area contributed by atoms with Crippen molar-refractivity contribution in [3.8, 4) is 5.75 Å². The Morgan fingerprint density at radius 3 is 2.90 bits per heavy atom. The number of thioether (sulfide) groups is 1. The van der Waals surface area contributed by atoms with E-state index in [-0.39, 0.29) is 18.1 Å². The zero-order valence-corrected chi connectivity index (χ0v) is 17.6. The molecule has 8 nitrogen and oxygen atoms in total. The molecular weight excluding hydrogens is 444 g/mol. The summed E-state index contributed by atoms with van der Waals surface area (Å²) in [4.78, 5) is 37.8. The van der Waals surface area contributed by atoms with Crippen molar-refractivity contribution < 1.29 is 28.6 Å². The number of hydrogen-bond acceptors (Lipinski definition) is 6. The summed E-state index contributed by atoms with van der Waals surface area (Å²) in [6, 6.07) is 9.13. The highest BCUT2D eigenvalue weighted by atomic mass is 35.5. The van der Waals surface area contributed by atoms with Gasteiger partial charge in [-0.1, -0.05) is 30.3 Å². The number of β-lactam (4-membered cyclic amide) rings is 1. The number of nitrogens with zero attached hydrogens (tertiary/aromatic N) is 1. The molecule has 31 heavy (non-hydrogen) atoms. The third-order valence-corrected chi connectivity index (χ3v) is 6.33. The number of carbonyl (C=O) groups is 3. The Bertz CT molecular complexity index is 1110. The maximum atomic E-state index is 12.5. The van der Waals surface area contributed by atoms with E-state index < -0.39 is 29.2 Å². The van der Waals surface area contributed by atoms with Crippen LogP contribution < -0.4 is 10.1 Å². The average molecular weight is 461 g/mol. The van der Waals surface area contributed by atoms with Crippen LogP contribution in [-0.4, -0.2) is 45.0 Å². The van der Waals surface area contributed by atoms with Gasteiger partial charge in [0.15, 0.2) is 5.76 Å². The van der Waals surface area contributed by atoms with Gasteiger partial charge in [-0.05, 0) is 35.9 Å². The second kappa shape index (κ2) is 8.52. The van der Waals surface area contributed by atoms with Crippen LogP contribution in [0.1, 0.15) is 16.3 Å². The number of amides is 2. The van der Waals surface area contributed by atoms with Crippen molar-refractivity contribution in [1.82, 2.24) is 10.2 Å². The third kappa shape index (κ3) is 4.06. The number of hydrogen-bond donors (Lipinski definition) is 2. The van der Waals surface area contributed by atoms with Gasteiger partial charge in [0, 0.05) is 10.8 Å². The van der Waals surface area contributed by atoms with Crippen LogP contribution in [-0.2, 0) is 16.2 Å². The second-order valence-corrected chi connectivity index (χ2v) is 8.30. The molecule has 4 rings (SSSR count). The van der Waals surface area contributed by atoms with Crippen LogP contribution in [0.15, 0.2) is 64.7 Å². The predicted molar refractivity (Wildman–Crippen MR) is 114 cm³/mol. The Labute approximate surface area is 186 Å². The van der Waals surface area contributed by atoms with E-state index >= 15 is 0 Å². The number of nitrogens with one attached hydrogen (secondary N) is 1. The van der Waals surface area contributed by atoms with E-state index in [9.17, 15) is 19.5 Å². The number of halogens is 1. The molecule has 0 bridgehead atoms. The molecule has 2 aromatic rings. The number of ether oxygens (including phenoxy) is 1. The third-order valence-electron chi connectivity index (χ3n) is 4.80. The highest BCUT2D eigenvalue weighted by Crippen LogP contribution is 2.40. The van der Waals surface area contributed by atoms with Crippen molar-refractivity contribution in [1.29, 1.82) is 0 Å². The molecule has 0 radical (unpaired) electrons. The molecule has 1 aromatic carbocycles. The van der Waals surface area contributed by atoms with Crippen molar-refractivity contribution in [2.75, 3.05) is 5.75 Å². The van der Waals surface area contributed by atoms with Crippen LogP contribution >= 0.6 is 23.4 Å². The fraction of sp³-hybridized carbons (Fsp3) is 0.190. The molecule has 2 aliphatic rings. The monoisotopic (exact) mass is 460 g/mol. The van der Waals surface area contributed by atoms with Gasteiger partial charge in [-0.25, -0.2) is 4.79 Å². The number of allylic oxidation sites excluding steroid dienone is 1. The zero-order chi connectivity index (χ0) is 22.1. The number of aliphatic carboxylic acids is 1. The van der Waals surface area contributed by atoms with Gasteiger partial charge in [0.25, 0.3) is 11.8 Å². The summed E-state index contributed by atoms with van der Waals surface area (Å²) in [5.41, 5.74) is 0.384. The van der Waals surface area contributed by atoms with E-state index in [2.05, 4.69) is 11.9 Å². The Morgan fingerprint density at radius 2 is 2.19 bits per heavy atom. The minimum Gasteiger partial charge on any atom is -0.486 e. The topological polar surface area (TPSA) is 109 Å². The first-order valence-corrected chi connectivity index (χ1v) is 10.6. The molecule has 2 aliphatic heterocycles. The quantitative estimate of drug-likeness (QED) is 0.611. The lowest BCUT2D eigenvalue weighted by atomic mass is 10.0. The average Bonchev–Trinajstić information content (AvgIpc) is 3.24. The Kier molecular flexibility index (Phi) is 5.79. The van der Waals surface area contributed by atoms with Crippen LogP contribution in [0.2, 0.25) is 5.02 Å². The molecule has 2 atom stereocenters. The normalized spacial score (nSPS) is 20.0. The van der Waals surface area contributed by atoms with E-state index in [1.807, 2.05) is 0 Å². The molecule has 10 heteroatoms. The SMILES string of the molecule is C=CC1=C(C(=O)O)N2C(=O)[C@@H](NC(=O)c3ccc(COc4cccc(Cl)c4)o3)[C@H]2SC1. The number of benzene rings is 1. The van der Waals surface area contributed by atoms with Crippen LogP contribution in [0.25, 0.3) is 0 Å². The number of carboxylic acids is 1. The summed E-state index contributed by atoms with van der Waals surface area (Å²) in [5, 5.41) is 12.1. The van der Waals surface area contributed by atoms with Crippen molar-refractivity contribution in [2.24, 2.45) is 0 Å². The van der Waals surface area contributed by atoms with Crippen LogP contribution in [0.3, 0.4) is 0 Å². The highest BCUT2D eigenvalue weighted by Gasteiger charge is 2.54. The van der Waals surface area contributed by atoms with E-state index in [1.165, 1.54) is 28.8 Å². The predicted octanol–water partition coefficient (Wildman–Crippen LogP) is 3.05. The largest absolute Gasteiger partial charge is 0.486 e. The van der Waals surface area contributed by atoms with Gasteiger partial charge >= 0.3 is 5.97 Å². The van der Waals surface area contributed by atoms with E-state index in [0.29, 0.717) is 27.9 Å². The van der Waals surface area contributed by atoms with Crippen molar-refractivity contribution in [2.45, 2.75) is 18.0 Å². The summed E-state index contributed by atoms with van der Waals surface area (Å²) >= 11 is 7.28. The van der Waals surface area contributed by atoms with E-state index in [1.54, 1.807) is 30.3 Å². The first-order chi connectivity index (χ1) is 14.9. The molecule has 1 saturated heterocycles. The van der Waals surface area contributed by atoms with Gasteiger partial charge in [-0.15, -0.1) is 11.8 Å². The summed E-state index contributed by atoms with van der Waals surface area (Å²) in [6.45, 7) is 3.70. The van der Waals surface area contributed by atoms with Gasteiger partial charge in [0.1, 0.15) is 35.2 Å². The zero-order valence-electron chi connectivity index (χ0n) is 16.0. The Hall–Kier alpha value is -3.17. The molecule has 160 valence electrons. The molecule has 0 aliphatic carbocycles. The maximum absolute atomic E-state index is 12.5. The lowest BCUT2D eigenvalue weighted by Gasteiger charge is -2.49. The Morgan fingerprint density at radius 1 is 1.39 bits per heavy atom.